The molecular formula is C20H16N4O2. The molecule has 26 heavy (non-hydrogen) atoms. The second-order valence-corrected chi connectivity index (χ2v) is 5.46. The van der Waals surface area contributed by atoms with E-state index in [-0.39, 0.29) is 5.91 Å². The van der Waals surface area contributed by atoms with Crippen LogP contribution in [0.25, 0.3) is 0 Å². The Hall–Kier alpha value is -3.85. The molecule has 0 aliphatic heterocycles. The second-order valence-electron chi connectivity index (χ2n) is 5.46. The molecule has 1 aromatic heterocycles. The van der Waals surface area contributed by atoms with Crippen LogP contribution in [-0.4, -0.2) is 18.0 Å². The first-order valence-corrected chi connectivity index (χ1v) is 7.85. The number of carbonyl (C=O) groups excluding carboxylic acids is 1. The number of hydrogen-bond acceptors (Lipinski definition) is 5. The van der Waals surface area contributed by atoms with Crippen molar-refractivity contribution < 1.29 is 9.53 Å². The van der Waals surface area contributed by atoms with E-state index in [0.717, 1.165) is 11.4 Å². The highest BCUT2D eigenvalue weighted by molar-refractivity contribution is 6.04. The number of hydrogen-bond donors (Lipinski definition) is 2. The van der Waals surface area contributed by atoms with Crippen LogP contribution in [0, 0.1) is 11.3 Å². The van der Waals surface area contributed by atoms with Crippen molar-refractivity contribution in [3.63, 3.8) is 0 Å². The number of aromatic nitrogens is 1. The number of nitriles is 1. The van der Waals surface area contributed by atoms with Crippen LogP contribution in [0.15, 0.2) is 67.0 Å². The lowest BCUT2D eigenvalue weighted by Gasteiger charge is -2.10. The van der Waals surface area contributed by atoms with Crippen LogP contribution in [0.3, 0.4) is 0 Å². The van der Waals surface area contributed by atoms with Gasteiger partial charge in [0.2, 0.25) is 0 Å². The number of benzene rings is 2. The minimum atomic E-state index is -0.281. The molecule has 2 aromatic carbocycles. The molecule has 0 saturated carbocycles. The molecule has 1 heterocycles. The number of nitrogens with zero attached hydrogens (tertiary/aromatic N) is 2. The van der Waals surface area contributed by atoms with Gasteiger partial charge >= 0.3 is 0 Å². The molecule has 0 aliphatic rings. The molecule has 0 atom stereocenters. The summed E-state index contributed by atoms with van der Waals surface area (Å²) in [6, 6.07) is 17.9. The van der Waals surface area contributed by atoms with Crippen molar-refractivity contribution in [2.75, 3.05) is 17.7 Å². The van der Waals surface area contributed by atoms with Crippen molar-refractivity contribution >= 4 is 23.0 Å². The van der Waals surface area contributed by atoms with Gasteiger partial charge < -0.3 is 15.4 Å². The Balaban J connectivity index is 1.73. The number of carbonyl (C=O) groups is 1. The van der Waals surface area contributed by atoms with Crippen molar-refractivity contribution in [3.8, 4) is 11.8 Å². The van der Waals surface area contributed by atoms with E-state index in [1.54, 1.807) is 43.6 Å². The topological polar surface area (TPSA) is 87.0 Å². The Morgan fingerprint density at radius 3 is 2.58 bits per heavy atom. The van der Waals surface area contributed by atoms with Gasteiger partial charge in [0.25, 0.3) is 5.91 Å². The van der Waals surface area contributed by atoms with Crippen LogP contribution >= 0.6 is 0 Å². The average Bonchev–Trinajstić information content (AvgIpc) is 2.69. The maximum Gasteiger partial charge on any atom is 0.257 e. The fourth-order valence-electron chi connectivity index (χ4n) is 2.33. The van der Waals surface area contributed by atoms with Crippen LogP contribution in [0.4, 0.5) is 17.1 Å². The number of ether oxygens (including phenoxy) is 1. The van der Waals surface area contributed by atoms with E-state index in [9.17, 15) is 4.79 Å². The summed E-state index contributed by atoms with van der Waals surface area (Å²) in [6.45, 7) is 0. The van der Waals surface area contributed by atoms with Crippen LogP contribution in [0.2, 0.25) is 0 Å². The zero-order valence-corrected chi connectivity index (χ0v) is 14.1. The third-order valence-corrected chi connectivity index (χ3v) is 3.63. The minimum Gasteiger partial charge on any atom is -0.497 e. The smallest absolute Gasteiger partial charge is 0.257 e. The largest absolute Gasteiger partial charge is 0.497 e. The molecule has 6 heteroatoms. The molecule has 0 aliphatic carbocycles. The number of amides is 1. The predicted molar refractivity (Wildman–Crippen MR) is 99.6 cm³/mol. The van der Waals surface area contributed by atoms with Gasteiger partial charge in [-0.3, -0.25) is 9.78 Å². The molecule has 0 saturated heterocycles. The summed E-state index contributed by atoms with van der Waals surface area (Å²) in [6.07, 6.45) is 3.13. The van der Waals surface area contributed by atoms with Gasteiger partial charge in [-0.2, -0.15) is 5.26 Å². The molecule has 0 radical (unpaired) electrons. The molecule has 3 rings (SSSR count). The monoisotopic (exact) mass is 344 g/mol. The van der Waals surface area contributed by atoms with Crippen LogP contribution < -0.4 is 15.4 Å². The zero-order chi connectivity index (χ0) is 18.4. The van der Waals surface area contributed by atoms with Gasteiger partial charge in [0.15, 0.2) is 0 Å². The third-order valence-electron chi connectivity index (χ3n) is 3.63. The number of nitrogens with one attached hydrogen (secondary N) is 2. The average molecular weight is 344 g/mol. The molecule has 6 nitrogen and oxygen atoms in total. The lowest BCUT2D eigenvalue weighted by molar-refractivity contribution is 0.102. The summed E-state index contributed by atoms with van der Waals surface area (Å²) in [4.78, 5) is 16.5. The highest BCUT2D eigenvalue weighted by atomic mass is 16.5. The maximum absolute atomic E-state index is 12.4. The fraction of sp³-hybridized carbons (Fsp3) is 0.0500. The molecule has 0 bridgehead atoms. The summed E-state index contributed by atoms with van der Waals surface area (Å²) >= 11 is 0. The van der Waals surface area contributed by atoms with Crippen molar-refractivity contribution in [2.45, 2.75) is 0 Å². The van der Waals surface area contributed by atoms with Gasteiger partial charge in [0, 0.05) is 23.6 Å². The molecule has 0 unspecified atom stereocenters. The van der Waals surface area contributed by atoms with Crippen LogP contribution in [-0.2, 0) is 0 Å². The Morgan fingerprint density at radius 2 is 1.85 bits per heavy atom. The van der Waals surface area contributed by atoms with E-state index >= 15 is 0 Å². The molecule has 128 valence electrons. The highest BCUT2D eigenvalue weighted by Gasteiger charge is 2.08. The number of pyridine rings is 1. The van der Waals surface area contributed by atoms with Crippen LogP contribution in [0.5, 0.6) is 5.75 Å². The molecule has 3 aromatic rings. The van der Waals surface area contributed by atoms with Crippen molar-refractivity contribution in [1.29, 1.82) is 5.26 Å². The molecule has 2 N–H and O–H groups in total. The zero-order valence-electron chi connectivity index (χ0n) is 14.1. The quantitative estimate of drug-likeness (QED) is 0.731. The number of methoxy groups -OCH3 is 1. The molecule has 0 fully saturated rings. The van der Waals surface area contributed by atoms with Gasteiger partial charge in [0.1, 0.15) is 5.75 Å². The third kappa shape index (κ3) is 4.16. The summed E-state index contributed by atoms with van der Waals surface area (Å²) in [5.41, 5.74) is 3.08. The van der Waals surface area contributed by atoms with Crippen LogP contribution in [0.1, 0.15) is 15.9 Å². The Labute approximate surface area is 151 Å². The van der Waals surface area contributed by atoms with Crippen molar-refractivity contribution in [3.05, 3.63) is 78.1 Å². The Kier molecular flexibility index (Phi) is 5.11. The number of anilines is 3. The Bertz CT molecular complexity index is 962. The van der Waals surface area contributed by atoms with E-state index in [4.69, 9.17) is 10.00 Å². The van der Waals surface area contributed by atoms with Gasteiger partial charge in [-0.05, 0) is 42.5 Å². The van der Waals surface area contributed by atoms with Crippen molar-refractivity contribution in [1.82, 2.24) is 4.98 Å². The lowest BCUT2D eigenvalue weighted by atomic mass is 10.2. The molecule has 0 spiro atoms. The standard InChI is InChI=1S/C20H16N4O2/c1-26-19-4-2-3-17(10-19)23-18-9-15(12-22-13-18)20(25)24-16-7-5-14(11-21)6-8-16/h2-10,12-13,23H,1H3,(H,24,25). The normalized spacial score (nSPS) is 9.85. The highest BCUT2D eigenvalue weighted by Crippen LogP contribution is 2.21. The Morgan fingerprint density at radius 1 is 1.04 bits per heavy atom. The van der Waals surface area contributed by atoms with Gasteiger partial charge in [-0.15, -0.1) is 0 Å². The van der Waals surface area contributed by atoms with E-state index in [0.29, 0.717) is 22.5 Å². The summed E-state index contributed by atoms with van der Waals surface area (Å²) in [5.74, 6) is 0.453. The second kappa shape index (κ2) is 7.81. The van der Waals surface area contributed by atoms with E-state index in [1.165, 1.54) is 6.20 Å². The van der Waals surface area contributed by atoms with Crippen molar-refractivity contribution in [2.24, 2.45) is 0 Å². The number of rotatable bonds is 5. The first kappa shape index (κ1) is 17.0. The fourth-order valence-corrected chi connectivity index (χ4v) is 2.33. The van der Waals surface area contributed by atoms with Gasteiger partial charge in [0.05, 0.1) is 36.2 Å². The summed E-state index contributed by atoms with van der Waals surface area (Å²) in [5, 5.41) is 14.8. The van der Waals surface area contributed by atoms with Gasteiger partial charge in [-0.1, -0.05) is 6.07 Å². The first-order valence-electron chi connectivity index (χ1n) is 7.85. The maximum atomic E-state index is 12.4. The van der Waals surface area contributed by atoms with E-state index in [2.05, 4.69) is 15.6 Å². The summed E-state index contributed by atoms with van der Waals surface area (Å²) < 4.78 is 5.20. The predicted octanol–water partition coefficient (Wildman–Crippen LogP) is 3.96. The first-order chi connectivity index (χ1) is 12.7. The lowest BCUT2D eigenvalue weighted by Crippen LogP contribution is -2.12. The summed E-state index contributed by atoms with van der Waals surface area (Å²) in [7, 11) is 1.61. The SMILES string of the molecule is COc1cccc(Nc2cncc(C(=O)Nc3ccc(C#N)cc3)c2)c1. The van der Waals surface area contributed by atoms with E-state index in [1.807, 2.05) is 30.3 Å². The molecule has 1 amide bonds. The van der Waals surface area contributed by atoms with E-state index < -0.39 is 0 Å². The molecular weight excluding hydrogens is 328 g/mol. The minimum absolute atomic E-state index is 0.281. The van der Waals surface area contributed by atoms with Gasteiger partial charge in [-0.25, -0.2) is 0 Å².